The van der Waals surface area contributed by atoms with Crippen molar-refractivity contribution >= 4 is 20.1 Å². The lowest BCUT2D eigenvalue weighted by Crippen LogP contribution is -2.63. The molecule has 4 aliphatic carbocycles. The van der Waals surface area contributed by atoms with Gasteiger partial charge in [-0.1, -0.05) is 40.2 Å². The highest BCUT2D eigenvalue weighted by Gasteiger charge is 2.80. The van der Waals surface area contributed by atoms with Gasteiger partial charge in [0.25, 0.3) is 0 Å². The normalized spacial score (nSPS) is 45.9. The Hall–Kier alpha value is -1.28. The monoisotopic (exact) mass is 584 g/mol. The summed E-state index contributed by atoms with van der Waals surface area (Å²) in [5, 5.41) is 10.9. The number of ketones is 1. The largest absolute Gasteiger partial charge is 0.458 e. The van der Waals surface area contributed by atoms with Crippen LogP contribution in [0.4, 0.5) is 0 Å². The lowest BCUT2D eigenvalue weighted by Gasteiger charge is -2.58. The van der Waals surface area contributed by atoms with Crippen LogP contribution in [0.15, 0.2) is 23.3 Å². The topological polar surface area (TPSA) is 85.4 Å². The van der Waals surface area contributed by atoms with Crippen LogP contribution >= 0.6 is 0 Å². The number of aliphatic hydroxyl groups is 1. The predicted molar refractivity (Wildman–Crippen MR) is 161 cm³/mol. The summed E-state index contributed by atoms with van der Waals surface area (Å²) in [5.74, 6) is 1.91. The van der Waals surface area contributed by atoms with Crippen molar-refractivity contribution in [3.63, 3.8) is 0 Å². The second kappa shape index (κ2) is 10.1. The maximum Gasteiger partial charge on any atom is 0.336 e. The Bertz CT molecular complexity index is 1150. The van der Waals surface area contributed by atoms with Gasteiger partial charge in [0.15, 0.2) is 14.1 Å². The summed E-state index contributed by atoms with van der Waals surface area (Å²) in [4.78, 5) is 26.8. The van der Waals surface area contributed by atoms with Gasteiger partial charge >= 0.3 is 5.97 Å². The van der Waals surface area contributed by atoms with Crippen LogP contribution < -0.4 is 0 Å². The van der Waals surface area contributed by atoms with Gasteiger partial charge in [-0.2, -0.15) is 0 Å². The van der Waals surface area contributed by atoms with E-state index in [1.165, 1.54) is 0 Å². The van der Waals surface area contributed by atoms with E-state index in [9.17, 15) is 14.7 Å². The van der Waals surface area contributed by atoms with Crippen LogP contribution in [0.1, 0.15) is 87.0 Å². The SMILES string of the molecule is CC[Si](CC)(CC)OCC1=C(C)C[C@H]([C@@H](C)[C@H]2CC[C@H]3[C@@H]4C[C@H]5O[C@]56[C@@H](O)C=CC(=O)[C@]6(C)[C@H]4CC[C@]23C)OC1=O. The number of epoxide rings is 1. The highest BCUT2D eigenvalue weighted by Crippen LogP contribution is 2.73. The van der Waals surface area contributed by atoms with Crippen LogP contribution in [0.25, 0.3) is 0 Å². The fourth-order valence-corrected chi connectivity index (χ4v) is 13.5. The maximum atomic E-state index is 13.4. The maximum absolute atomic E-state index is 13.4. The first-order chi connectivity index (χ1) is 19.4. The Morgan fingerprint density at radius 1 is 1.10 bits per heavy atom. The molecular formula is C34H52O6Si. The first-order valence-corrected chi connectivity index (χ1v) is 19.1. The first kappa shape index (κ1) is 29.8. The zero-order valence-corrected chi connectivity index (χ0v) is 27.3. The summed E-state index contributed by atoms with van der Waals surface area (Å²) in [7, 11) is -1.78. The van der Waals surface area contributed by atoms with Gasteiger partial charge in [0, 0.05) is 6.42 Å². The Kier molecular flexibility index (Phi) is 7.36. The van der Waals surface area contributed by atoms with E-state index in [1.807, 2.05) is 0 Å². The molecule has 2 aliphatic heterocycles. The van der Waals surface area contributed by atoms with Gasteiger partial charge in [0.1, 0.15) is 17.8 Å². The second-order valence-corrected chi connectivity index (χ2v) is 19.7. The molecule has 6 nitrogen and oxygen atoms in total. The molecule has 0 amide bonds. The number of ether oxygens (including phenoxy) is 2. The van der Waals surface area contributed by atoms with Gasteiger partial charge in [-0.3, -0.25) is 4.79 Å². The molecule has 0 bridgehead atoms. The van der Waals surface area contributed by atoms with E-state index in [-0.39, 0.29) is 41.2 Å². The lowest BCUT2D eigenvalue weighted by molar-refractivity contribution is -0.155. The summed E-state index contributed by atoms with van der Waals surface area (Å²) in [6.45, 7) is 16.0. The van der Waals surface area contributed by atoms with E-state index in [2.05, 4.69) is 48.5 Å². The number of aliphatic hydroxyl groups excluding tert-OH is 1. The molecule has 1 N–H and O–H groups in total. The third kappa shape index (κ3) is 4.04. The smallest absolute Gasteiger partial charge is 0.336 e. The van der Waals surface area contributed by atoms with E-state index in [0.29, 0.717) is 24.4 Å². The number of cyclic esters (lactones) is 1. The molecule has 0 aromatic carbocycles. The van der Waals surface area contributed by atoms with Crippen molar-refractivity contribution in [3.8, 4) is 0 Å². The summed E-state index contributed by atoms with van der Waals surface area (Å²) in [6.07, 6.45) is 8.54. The molecule has 0 unspecified atom stereocenters. The van der Waals surface area contributed by atoms with Gasteiger partial charge in [-0.15, -0.1) is 0 Å². The van der Waals surface area contributed by atoms with E-state index in [4.69, 9.17) is 13.9 Å². The minimum absolute atomic E-state index is 0.0286. The molecule has 2 heterocycles. The van der Waals surface area contributed by atoms with Gasteiger partial charge < -0.3 is 19.0 Å². The summed E-state index contributed by atoms with van der Waals surface area (Å²) in [5.41, 5.74) is 0.673. The van der Waals surface area contributed by atoms with Crippen molar-refractivity contribution in [1.82, 2.24) is 0 Å². The van der Waals surface area contributed by atoms with Gasteiger partial charge in [-0.25, -0.2) is 4.79 Å². The van der Waals surface area contributed by atoms with Crippen LogP contribution in [0.5, 0.6) is 0 Å². The predicted octanol–water partition coefficient (Wildman–Crippen LogP) is 6.38. The molecular weight excluding hydrogens is 532 g/mol. The number of allylic oxidation sites excluding steroid dienone is 1. The molecule has 3 saturated carbocycles. The minimum Gasteiger partial charge on any atom is -0.458 e. The Morgan fingerprint density at radius 2 is 1.80 bits per heavy atom. The molecule has 1 saturated heterocycles. The number of hydrogen-bond donors (Lipinski definition) is 1. The van der Waals surface area contributed by atoms with Crippen LogP contribution in [0, 0.1) is 40.4 Å². The quantitative estimate of drug-likeness (QED) is 0.202. The van der Waals surface area contributed by atoms with E-state index >= 15 is 0 Å². The van der Waals surface area contributed by atoms with Gasteiger partial charge in [-0.05, 0) is 111 Å². The second-order valence-electron chi connectivity index (χ2n) is 14.9. The molecule has 0 aromatic heterocycles. The number of fused-ring (bicyclic) bond motifs is 4. The molecule has 0 radical (unpaired) electrons. The fourth-order valence-electron chi connectivity index (χ4n) is 11.0. The van der Waals surface area contributed by atoms with Crippen molar-refractivity contribution in [2.45, 2.75) is 129 Å². The number of carbonyl (C=O) groups excluding carboxylic acids is 2. The molecule has 11 atom stereocenters. The van der Waals surface area contributed by atoms with E-state index in [1.54, 1.807) is 12.2 Å². The highest BCUT2D eigenvalue weighted by molar-refractivity contribution is 6.73. The van der Waals surface area contributed by atoms with Crippen molar-refractivity contribution in [2.75, 3.05) is 6.61 Å². The van der Waals surface area contributed by atoms with Crippen LogP contribution in [-0.4, -0.2) is 55.7 Å². The van der Waals surface area contributed by atoms with Crippen molar-refractivity contribution in [2.24, 2.45) is 40.4 Å². The van der Waals surface area contributed by atoms with E-state index < -0.39 is 25.4 Å². The Morgan fingerprint density at radius 3 is 2.46 bits per heavy atom. The Balaban J connectivity index is 1.18. The standard InChI is InChI=1S/C34H52O6Si/c1-8-41(9-2,10-3)38-19-23-20(4)17-27(39-31(23)37)21(5)24-11-12-25-22-18-30-34(40-30)29(36)14-13-28(35)33(34,7)26(22)15-16-32(24,25)6/h13-14,21-22,24-27,29-30,36H,8-12,15-19H2,1-7H3/t21-,22-,24+,25-,26-,27+,29-,30+,32+,33-,34+/m0/s1. The molecule has 6 rings (SSSR count). The van der Waals surface area contributed by atoms with Crippen LogP contribution in [0.3, 0.4) is 0 Å². The highest BCUT2D eigenvalue weighted by atomic mass is 28.4. The fraction of sp³-hybridized carbons (Fsp3) is 0.824. The number of hydrogen-bond acceptors (Lipinski definition) is 6. The third-order valence-corrected chi connectivity index (χ3v) is 18.5. The number of esters is 1. The summed E-state index contributed by atoms with van der Waals surface area (Å²) < 4.78 is 19.0. The molecule has 4 fully saturated rings. The van der Waals surface area contributed by atoms with Crippen molar-refractivity contribution in [1.29, 1.82) is 0 Å². The zero-order chi connectivity index (χ0) is 29.5. The van der Waals surface area contributed by atoms with Gasteiger partial charge in [0.2, 0.25) is 0 Å². The Labute approximate surface area is 247 Å². The molecule has 1 spiro atoms. The van der Waals surface area contributed by atoms with E-state index in [0.717, 1.165) is 67.8 Å². The summed E-state index contributed by atoms with van der Waals surface area (Å²) in [6, 6.07) is 3.22. The third-order valence-electron chi connectivity index (χ3n) is 13.9. The van der Waals surface area contributed by atoms with Gasteiger partial charge in [0.05, 0.1) is 23.7 Å². The van der Waals surface area contributed by atoms with Crippen molar-refractivity contribution < 1.29 is 28.6 Å². The molecule has 0 aromatic rings. The first-order valence-electron chi connectivity index (χ1n) is 16.5. The average molecular weight is 585 g/mol. The number of rotatable bonds is 8. The molecule has 7 heteroatoms. The zero-order valence-electron chi connectivity index (χ0n) is 26.3. The molecule has 228 valence electrons. The average Bonchev–Trinajstić information content (AvgIpc) is 3.59. The van der Waals surface area contributed by atoms with Crippen molar-refractivity contribution in [3.05, 3.63) is 23.3 Å². The molecule has 6 aliphatic rings. The van der Waals surface area contributed by atoms with Crippen LogP contribution in [-0.2, 0) is 23.5 Å². The number of carbonyl (C=O) groups is 2. The minimum atomic E-state index is -1.78. The summed E-state index contributed by atoms with van der Waals surface area (Å²) >= 11 is 0. The van der Waals surface area contributed by atoms with Crippen LogP contribution in [0.2, 0.25) is 18.1 Å². The lowest BCUT2D eigenvalue weighted by atomic mass is 9.44. The molecule has 41 heavy (non-hydrogen) atoms.